The SMILES string of the molecule is C=C(C)n1c(=O)n(Cc2nc3ccccc3n2C(CCC)C(=O)OC)c2ccccc21.CC. The third-order valence-corrected chi connectivity index (χ3v) is 5.53. The fraction of sp³-hybridized carbons (Fsp3) is 0.346. The van der Waals surface area contributed by atoms with Gasteiger partial charge in [0.25, 0.3) is 0 Å². The van der Waals surface area contributed by atoms with E-state index >= 15 is 0 Å². The Kier molecular flexibility index (Phi) is 7.53. The molecule has 0 aliphatic carbocycles. The van der Waals surface area contributed by atoms with Crippen LogP contribution in [-0.4, -0.2) is 31.8 Å². The summed E-state index contributed by atoms with van der Waals surface area (Å²) >= 11 is 0. The van der Waals surface area contributed by atoms with Gasteiger partial charge in [-0.25, -0.2) is 14.6 Å². The molecule has 33 heavy (non-hydrogen) atoms. The number of ether oxygens (including phenoxy) is 1. The van der Waals surface area contributed by atoms with E-state index in [2.05, 4.69) is 6.58 Å². The molecule has 4 rings (SSSR count). The molecule has 1 unspecified atom stereocenters. The van der Waals surface area contributed by atoms with E-state index in [1.165, 1.54) is 7.11 Å². The predicted molar refractivity (Wildman–Crippen MR) is 133 cm³/mol. The second kappa shape index (κ2) is 10.3. The molecule has 174 valence electrons. The smallest absolute Gasteiger partial charge is 0.333 e. The molecule has 0 saturated carbocycles. The summed E-state index contributed by atoms with van der Waals surface area (Å²) in [6.45, 7) is 12.0. The third-order valence-electron chi connectivity index (χ3n) is 5.53. The summed E-state index contributed by atoms with van der Waals surface area (Å²) in [7, 11) is 1.40. The average molecular weight is 449 g/mol. The number of methoxy groups -OCH3 is 1. The van der Waals surface area contributed by atoms with Crippen LogP contribution in [0.2, 0.25) is 0 Å². The quantitative estimate of drug-likeness (QED) is 0.363. The molecule has 2 heterocycles. The fourth-order valence-electron chi connectivity index (χ4n) is 4.19. The van der Waals surface area contributed by atoms with E-state index in [0.29, 0.717) is 17.9 Å². The lowest BCUT2D eigenvalue weighted by molar-refractivity contribution is -0.144. The Labute approximate surface area is 193 Å². The molecule has 0 spiro atoms. The molecular formula is C26H32N4O3. The van der Waals surface area contributed by atoms with Gasteiger partial charge in [0, 0.05) is 5.70 Å². The van der Waals surface area contributed by atoms with Crippen LogP contribution in [0.15, 0.2) is 59.9 Å². The molecule has 1 atom stereocenters. The number of para-hydroxylation sites is 4. The number of fused-ring (bicyclic) bond motifs is 2. The molecule has 0 amide bonds. The Balaban J connectivity index is 0.00000149. The molecule has 0 aliphatic rings. The van der Waals surface area contributed by atoms with Crippen LogP contribution in [0.4, 0.5) is 0 Å². The first-order chi connectivity index (χ1) is 16.0. The zero-order valence-electron chi connectivity index (χ0n) is 20.0. The van der Waals surface area contributed by atoms with E-state index in [1.807, 2.05) is 80.8 Å². The van der Waals surface area contributed by atoms with E-state index in [1.54, 1.807) is 9.13 Å². The minimum Gasteiger partial charge on any atom is -0.467 e. The second-order valence-electron chi connectivity index (χ2n) is 7.64. The van der Waals surface area contributed by atoms with E-state index in [9.17, 15) is 9.59 Å². The Morgan fingerprint density at radius 3 is 2.27 bits per heavy atom. The topological polar surface area (TPSA) is 71.0 Å². The molecule has 0 N–H and O–H groups in total. The van der Waals surface area contributed by atoms with E-state index in [0.717, 1.165) is 28.5 Å². The highest BCUT2D eigenvalue weighted by Crippen LogP contribution is 2.27. The van der Waals surface area contributed by atoms with Crippen LogP contribution in [-0.2, 0) is 16.1 Å². The maximum Gasteiger partial charge on any atom is 0.333 e. The van der Waals surface area contributed by atoms with Crippen LogP contribution in [0.1, 0.15) is 52.4 Å². The van der Waals surface area contributed by atoms with Crippen molar-refractivity contribution in [2.45, 2.75) is 53.1 Å². The van der Waals surface area contributed by atoms with E-state index < -0.39 is 6.04 Å². The van der Waals surface area contributed by atoms with Crippen molar-refractivity contribution in [2.75, 3.05) is 7.11 Å². The van der Waals surface area contributed by atoms with Crippen LogP contribution in [0, 0.1) is 0 Å². The Morgan fingerprint density at radius 2 is 1.67 bits per heavy atom. The lowest BCUT2D eigenvalue weighted by Crippen LogP contribution is -2.27. The van der Waals surface area contributed by atoms with Crippen molar-refractivity contribution < 1.29 is 9.53 Å². The van der Waals surface area contributed by atoms with Gasteiger partial charge in [-0.1, -0.05) is 58.0 Å². The van der Waals surface area contributed by atoms with Gasteiger partial charge >= 0.3 is 11.7 Å². The molecule has 0 fully saturated rings. The minimum absolute atomic E-state index is 0.183. The summed E-state index contributed by atoms with van der Waals surface area (Å²) in [5.74, 6) is 0.319. The Hall–Kier alpha value is -3.61. The van der Waals surface area contributed by atoms with Crippen molar-refractivity contribution in [3.63, 3.8) is 0 Å². The number of rotatable bonds is 7. The highest BCUT2D eigenvalue weighted by Gasteiger charge is 2.26. The molecule has 2 aromatic carbocycles. The number of imidazole rings is 2. The molecule has 4 aromatic rings. The van der Waals surface area contributed by atoms with Crippen molar-refractivity contribution in [1.82, 2.24) is 18.7 Å². The lowest BCUT2D eigenvalue weighted by atomic mass is 10.1. The van der Waals surface area contributed by atoms with Crippen LogP contribution < -0.4 is 5.69 Å². The zero-order valence-corrected chi connectivity index (χ0v) is 20.0. The number of esters is 1. The standard InChI is InChI=1S/C24H26N4O3.C2H6/c1-5-10-21(23(29)31-4)28-18-12-7-6-11-17(18)25-22(28)15-26-19-13-8-9-14-20(19)27(16(2)3)24(26)30;1-2/h6-9,11-14,21H,2,5,10,15H2,1,3-4H3;1-2H3. The van der Waals surface area contributed by atoms with Gasteiger partial charge in [0.1, 0.15) is 11.9 Å². The maximum absolute atomic E-state index is 13.3. The number of allylic oxidation sites excluding steroid dienone is 1. The number of carbonyl (C=O) groups is 1. The minimum atomic E-state index is -0.511. The van der Waals surface area contributed by atoms with Crippen molar-refractivity contribution in [2.24, 2.45) is 0 Å². The first-order valence-electron chi connectivity index (χ1n) is 11.4. The van der Waals surface area contributed by atoms with Gasteiger partial charge in [0.2, 0.25) is 0 Å². The zero-order chi connectivity index (χ0) is 24.1. The van der Waals surface area contributed by atoms with E-state index in [-0.39, 0.29) is 18.2 Å². The summed E-state index contributed by atoms with van der Waals surface area (Å²) in [5.41, 5.74) is 3.67. The van der Waals surface area contributed by atoms with E-state index in [4.69, 9.17) is 9.72 Å². The number of hydrogen-bond acceptors (Lipinski definition) is 4. The van der Waals surface area contributed by atoms with Crippen molar-refractivity contribution >= 4 is 33.7 Å². The van der Waals surface area contributed by atoms with Gasteiger partial charge in [-0.15, -0.1) is 0 Å². The van der Waals surface area contributed by atoms with Crippen LogP contribution in [0.5, 0.6) is 0 Å². The molecule has 7 nitrogen and oxygen atoms in total. The van der Waals surface area contributed by atoms with Crippen LogP contribution in [0.3, 0.4) is 0 Å². The maximum atomic E-state index is 13.3. The molecular weight excluding hydrogens is 416 g/mol. The van der Waals surface area contributed by atoms with Crippen molar-refractivity contribution in [3.8, 4) is 0 Å². The van der Waals surface area contributed by atoms with Gasteiger partial charge < -0.3 is 9.30 Å². The number of carbonyl (C=O) groups excluding carboxylic acids is 1. The molecule has 0 radical (unpaired) electrons. The van der Waals surface area contributed by atoms with Gasteiger partial charge in [0.05, 0.1) is 35.7 Å². The normalized spacial score (nSPS) is 11.8. The predicted octanol–water partition coefficient (Wildman–Crippen LogP) is 5.23. The summed E-state index contributed by atoms with van der Waals surface area (Å²) in [4.78, 5) is 30.7. The monoisotopic (exact) mass is 448 g/mol. The lowest BCUT2D eigenvalue weighted by Gasteiger charge is -2.19. The highest BCUT2D eigenvalue weighted by molar-refractivity contribution is 5.82. The van der Waals surface area contributed by atoms with Gasteiger partial charge in [-0.3, -0.25) is 9.13 Å². The molecule has 0 aliphatic heterocycles. The van der Waals surface area contributed by atoms with Crippen LogP contribution >= 0.6 is 0 Å². The third kappa shape index (κ3) is 4.35. The summed E-state index contributed by atoms with van der Waals surface area (Å²) in [6.07, 6.45) is 1.42. The van der Waals surface area contributed by atoms with Crippen LogP contribution in [0.25, 0.3) is 27.8 Å². The van der Waals surface area contributed by atoms with Gasteiger partial charge in [-0.05, 0) is 37.6 Å². The highest BCUT2D eigenvalue weighted by atomic mass is 16.5. The Bertz CT molecular complexity index is 1340. The molecule has 7 heteroatoms. The molecule has 0 bridgehead atoms. The average Bonchev–Trinajstić information content (AvgIpc) is 3.33. The Morgan fingerprint density at radius 1 is 1.06 bits per heavy atom. The second-order valence-corrected chi connectivity index (χ2v) is 7.64. The largest absolute Gasteiger partial charge is 0.467 e. The summed E-state index contributed by atoms with van der Waals surface area (Å²) in [5, 5.41) is 0. The first-order valence-corrected chi connectivity index (χ1v) is 11.4. The van der Waals surface area contributed by atoms with Gasteiger partial charge in [0.15, 0.2) is 0 Å². The fourth-order valence-corrected chi connectivity index (χ4v) is 4.19. The number of hydrogen-bond donors (Lipinski definition) is 0. The number of benzene rings is 2. The molecule has 0 saturated heterocycles. The van der Waals surface area contributed by atoms with Gasteiger partial charge in [-0.2, -0.15) is 0 Å². The summed E-state index contributed by atoms with van der Waals surface area (Å²) < 4.78 is 10.3. The molecule has 2 aromatic heterocycles. The van der Waals surface area contributed by atoms with Crippen molar-refractivity contribution in [1.29, 1.82) is 0 Å². The number of aromatic nitrogens is 4. The van der Waals surface area contributed by atoms with Crippen molar-refractivity contribution in [3.05, 3.63) is 71.4 Å². The summed E-state index contributed by atoms with van der Waals surface area (Å²) in [6, 6.07) is 14.8. The first kappa shape index (κ1) is 24.0. The number of nitrogens with zero attached hydrogens (tertiary/aromatic N) is 4.